The molecular weight excluding hydrogens is 282 g/mol. The lowest BCUT2D eigenvalue weighted by Crippen LogP contribution is -2.17. The van der Waals surface area contributed by atoms with E-state index in [0.717, 1.165) is 0 Å². The van der Waals surface area contributed by atoms with Gasteiger partial charge in [-0.1, -0.05) is 18.2 Å². The van der Waals surface area contributed by atoms with Crippen molar-refractivity contribution >= 4 is 23.2 Å². The number of carbonyl (C=O) groups is 2. The molecule has 1 aromatic carbocycles. The molecule has 0 fully saturated rings. The zero-order valence-corrected chi connectivity index (χ0v) is 11.8. The highest BCUT2D eigenvalue weighted by Gasteiger charge is 2.18. The number of benzene rings is 1. The number of pyridine rings is 1. The van der Waals surface area contributed by atoms with Gasteiger partial charge < -0.3 is 10.4 Å². The molecule has 110 valence electrons. The summed E-state index contributed by atoms with van der Waals surface area (Å²) in [5.74, 6) is -1.49. The molecule has 0 radical (unpaired) electrons. The molecule has 0 spiro atoms. The number of hydrogen-bond donors (Lipinski definition) is 2. The van der Waals surface area contributed by atoms with Gasteiger partial charge in [-0.3, -0.25) is 9.20 Å². The molecule has 0 saturated heterocycles. The quantitative estimate of drug-likeness (QED) is 0.778. The molecule has 0 aliphatic heterocycles. The van der Waals surface area contributed by atoms with Crippen molar-refractivity contribution in [2.45, 2.75) is 6.92 Å². The van der Waals surface area contributed by atoms with Crippen LogP contribution in [0, 0.1) is 6.92 Å². The number of imidazole rings is 1. The number of fused-ring (bicyclic) bond motifs is 1. The molecule has 22 heavy (non-hydrogen) atoms. The Morgan fingerprint density at radius 3 is 2.64 bits per heavy atom. The number of aromatic carboxylic acids is 1. The number of hydrogen-bond acceptors (Lipinski definition) is 3. The van der Waals surface area contributed by atoms with E-state index in [2.05, 4.69) is 10.3 Å². The second-order valence-electron chi connectivity index (χ2n) is 4.78. The largest absolute Gasteiger partial charge is 0.478 e. The summed E-state index contributed by atoms with van der Waals surface area (Å²) >= 11 is 0. The zero-order chi connectivity index (χ0) is 15.7. The molecule has 0 unspecified atom stereocenters. The minimum Gasteiger partial charge on any atom is -0.478 e. The van der Waals surface area contributed by atoms with Gasteiger partial charge in [-0.15, -0.1) is 0 Å². The van der Waals surface area contributed by atoms with E-state index >= 15 is 0 Å². The van der Waals surface area contributed by atoms with Crippen LogP contribution in [-0.2, 0) is 0 Å². The van der Waals surface area contributed by atoms with Crippen molar-refractivity contribution < 1.29 is 14.7 Å². The summed E-state index contributed by atoms with van der Waals surface area (Å²) in [6.07, 6.45) is 1.74. The number of amides is 1. The van der Waals surface area contributed by atoms with Gasteiger partial charge in [-0.05, 0) is 31.2 Å². The first-order valence-electron chi connectivity index (χ1n) is 6.65. The van der Waals surface area contributed by atoms with Crippen LogP contribution < -0.4 is 5.32 Å². The summed E-state index contributed by atoms with van der Waals surface area (Å²) in [5.41, 5.74) is 1.93. The summed E-state index contributed by atoms with van der Waals surface area (Å²) in [4.78, 5) is 28.0. The standard InChI is InChI=1S/C16H13N3O3/c1-10-14(19-9-5-4-8-13(19)17-10)15(20)18-12-7-3-2-6-11(12)16(21)22/h2-9H,1H3,(H,18,20)(H,21,22). The molecule has 0 aliphatic rings. The number of anilines is 1. The maximum Gasteiger partial charge on any atom is 0.337 e. The van der Waals surface area contributed by atoms with E-state index in [1.165, 1.54) is 6.07 Å². The second kappa shape index (κ2) is 5.33. The number of nitrogens with one attached hydrogen (secondary N) is 1. The van der Waals surface area contributed by atoms with Crippen molar-refractivity contribution in [3.8, 4) is 0 Å². The van der Waals surface area contributed by atoms with Crippen LogP contribution in [0.5, 0.6) is 0 Å². The van der Waals surface area contributed by atoms with Gasteiger partial charge in [0.2, 0.25) is 0 Å². The third-order valence-electron chi connectivity index (χ3n) is 3.32. The molecule has 6 nitrogen and oxygen atoms in total. The Bertz CT molecular complexity index is 883. The van der Waals surface area contributed by atoms with Gasteiger partial charge in [0.25, 0.3) is 5.91 Å². The minimum absolute atomic E-state index is 0.0438. The SMILES string of the molecule is Cc1nc2ccccn2c1C(=O)Nc1ccccc1C(=O)O. The van der Waals surface area contributed by atoms with Gasteiger partial charge in [-0.25, -0.2) is 9.78 Å². The number of para-hydroxylation sites is 1. The average molecular weight is 295 g/mol. The maximum absolute atomic E-state index is 12.5. The second-order valence-corrected chi connectivity index (χ2v) is 4.78. The summed E-state index contributed by atoms with van der Waals surface area (Å²) in [6.45, 7) is 1.74. The van der Waals surface area contributed by atoms with Crippen molar-refractivity contribution in [3.63, 3.8) is 0 Å². The first kappa shape index (κ1) is 13.8. The molecule has 0 bridgehead atoms. The minimum atomic E-state index is -1.09. The summed E-state index contributed by atoms with van der Waals surface area (Å²) < 4.78 is 1.67. The van der Waals surface area contributed by atoms with Crippen LogP contribution in [-0.4, -0.2) is 26.4 Å². The highest BCUT2D eigenvalue weighted by Crippen LogP contribution is 2.18. The molecule has 6 heteroatoms. The summed E-state index contributed by atoms with van der Waals surface area (Å²) in [6, 6.07) is 11.7. The Kier molecular flexibility index (Phi) is 3.34. The Balaban J connectivity index is 2.01. The third-order valence-corrected chi connectivity index (χ3v) is 3.32. The molecule has 2 N–H and O–H groups in total. The Morgan fingerprint density at radius 1 is 1.14 bits per heavy atom. The number of nitrogens with zero attached hydrogens (tertiary/aromatic N) is 2. The molecule has 2 heterocycles. The van der Waals surface area contributed by atoms with Crippen LogP contribution in [0.15, 0.2) is 48.7 Å². The topological polar surface area (TPSA) is 83.7 Å². The van der Waals surface area contributed by atoms with Crippen LogP contribution in [0.25, 0.3) is 5.65 Å². The lowest BCUT2D eigenvalue weighted by Gasteiger charge is -2.08. The molecule has 3 rings (SSSR count). The Morgan fingerprint density at radius 2 is 1.86 bits per heavy atom. The number of rotatable bonds is 3. The van der Waals surface area contributed by atoms with Crippen LogP contribution in [0.2, 0.25) is 0 Å². The zero-order valence-electron chi connectivity index (χ0n) is 11.8. The van der Waals surface area contributed by atoms with Crippen LogP contribution >= 0.6 is 0 Å². The summed E-state index contributed by atoms with van der Waals surface area (Å²) in [7, 11) is 0. The number of aromatic nitrogens is 2. The molecule has 0 aliphatic carbocycles. The fourth-order valence-corrected chi connectivity index (χ4v) is 2.35. The van der Waals surface area contributed by atoms with Crippen molar-refractivity contribution in [1.29, 1.82) is 0 Å². The van der Waals surface area contributed by atoms with E-state index in [0.29, 0.717) is 17.0 Å². The van der Waals surface area contributed by atoms with Crippen molar-refractivity contribution in [3.05, 3.63) is 65.6 Å². The van der Waals surface area contributed by atoms with Gasteiger partial charge in [0.05, 0.1) is 16.9 Å². The van der Waals surface area contributed by atoms with Crippen LogP contribution in [0.4, 0.5) is 5.69 Å². The Labute approximate surface area is 126 Å². The van der Waals surface area contributed by atoms with E-state index in [1.807, 2.05) is 6.07 Å². The normalized spacial score (nSPS) is 10.6. The van der Waals surface area contributed by atoms with Crippen molar-refractivity contribution in [1.82, 2.24) is 9.38 Å². The third kappa shape index (κ3) is 2.31. The van der Waals surface area contributed by atoms with Gasteiger partial charge in [0.15, 0.2) is 0 Å². The van der Waals surface area contributed by atoms with Gasteiger partial charge >= 0.3 is 5.97 Å². The average Bonchev–Trinajstić information content (AvgIpc) is 2.83. The maximum atomic E-state index is 12.5. The highest BCUT2D eigenvalue weighted by molar-refractivity contribution is 6.07. The van der Waals surface area contributed by atoms with E-state index in [9.17, 15) is 9.59 Å². The fraction of sp³-hybridized carbons (Fsp3) is 0.0625. The van der Waals surface area contributed by atoms with E-state index in [1.54, 1.807) is 47.9 Å². The Hall–Kier alpha value is -3.15. The van der Waals surface area contributed by atoms with Gasteiger partial charge in [0, 0.05) is 6.20 Å². The van der Waals surface area contributed by atoms with Gasteiger partial charge in [0.1, 0.15) is 11.3 Å². The molecule has 3 aromatic rings. The van der Waals surface area contributed by atoms with Crippen molar-refractivity contribution in [2.75, 3.05) is 5.32 Å². The van der Waals surface area contributed by atoms with Gasteiger partial charge in [-0.2, -0.15) is 0 Å². The molecule has 2 aromatic heterocycles. The molecular formula is C16H13N3O3. The smallest absolute Gasteiger partial charge is 0.337 e. The number of carbonyl (C=O) groups excluding carboxylic acids is 1. The predicted molar refractivity (Wildman–Crippen MR) is 81.3 cm³/mol. The van der Waals surface area contributed by atoms with E-state index in [-0.39, 0.29) is 11.3 Å². The number of aryl methyl sites for hydroxylation is 1. The fourth-order valence-electron chi connectivity index (χ4n) is 2.35. The first-order valence-corrected chi connectivity index (χ1v) is 6.65. The highest BCUT2D eigenvalue weighted by atomic mass is 16.4. The number of carboxylic acids is 1. The van der Waals surface area contributed by atoms with Crippen molar-refractivity contribution in [2.24, 2.45) is 0 Å². The lowest BCUT2D eigenvalue weighted by atomic mass is 10.1. The van der Waals surface area contributed by atoms with Crippen LogP contribution in [0.1, 0.15) is 26.5 Å². The lowest BCUT2D eigenvalue weighted by molar-refractivity contribution is 0.0698. The predicted octanol–water partition coefficient (Wildman–Crippen LogP) is 2.59. The van der Waals surface area contributed by atoms with E-state index in [4.69, 9.17) is 5.11 Å². The van der Waals surface area contributed by atoms with E-state index < -0.39 is 11.9 Å². The van der Waals surface area contributed by atoms with Crippen LogP contribution in [0.3, 0.4) is 0 Å². The summed E-state index contributed by atoms with van der Waals surface area (Å²) in [5, 5.41) is 11.8. The molecule has 0 saturated carbocycles. The molecule has 1 amide bonds. The molecule has 0 atom stereocenters. The first-order chi connectivity index (χ1) is 10.6. The monoisotopic (exact) mass is 295 g/mol. The number of carboxylic acid groups (broad SMARTS) is 1.